The number of benzene rings is 11. The first-order valence-electron chi connectivity index (χ1n) is 23.6. The predicted molar refractivity (Wildman–Crippen MR) is 288 cm³/mol. The third-order valence-corrected chi connectivity index (χ3v) is 14.7. The van der Waals surface area contributed by atoms with Crippen molar-refractivity contribution in [2.24, 2.45) is 0 Å². The van der Waals surface area contributed by atoms with Crippen LogP contribution in [-0.2, 0) is 0 Å². The molecule has 11 aromatic carbocycles. The van der Waals surface area contributed by atoms with Crippen LogP contribution in [0, 0.1) is 0 Å². The van der Waals surface area contributed by atoms with Crippen molar-refractivity contribution in [2.75, 3.05) is 0 Å². The highest BCUT2D eigenvalue weighted by Gasteiger charge is 2.30. The summed E-state index contributed by atoms with van der Waals surface area (Å²) in [6.07, 6.45) is 0. The van der Waals surface area contributed by atoms with Crippen molar-refractivity contribution in [3.05, 3.63) is 243 Å². The van der Waals surface area contributed by atoms with Gasteiger partial charge in [0.2, 0.25) is 0 Å². The second kappa shape index (κ2) is 14.3. The van der Waals surface area contributed by atoms with E-state index in [1.165, 1.54) is 143 Å². The quantitative estimate of drug-likeness (QED) is 0.157. The Kier molecular flexibility index (Phi) is 7.81. The molecule has 0 saturated heterocycles. The molecule has 4 aromatic heterocycles. The van der Waals surface area contributed by atoms with Crippen molar-refractivity contribution in [3.8, 4) is 66.8 Å². The third kappa shape index (κ3) is 5.23. The molecular weight excluding hydrogens is 821 g/mol. The fraction of sp³-hybridized carbons (Fsp3) is 0. The van der Waals surface area contributed by atoms with E-state index < -0.39 is 0 Å². The van der Waals surface area contributed by atoms with Crippen molar-refractivity contribution in [2.45, 2.75) is 0 Å². The number of aromatic nitrogens is 2. The Morgan fingerprint density at radius 2 is 0.471 bits per heavy atom. The van der Waals surface area contributed by atoms with E-state index in [4.69, 9.17) is 0 Å². The molecule has 0 fully saturated rings. The molecular formula is C66H40N2. The molecule has 15 aromatic rings. The molecule has 15 rings (SSSR count). The molecule has 4 heterocycles. The lowest BCUT2D eigenvalue weighted by Gasteiger charge is -2.13. The molecule has 0 N–H and O–H groups in total. The summed E-state index contributed by atoms with van der Waals surface area (Å²) in [5, 5.41) is 10.4. The zero-order valence-corrected chi connectivity index (χ0v) is 37.0. The standard InChI is InChI=1S/C66H40N2/c1-5-19-41(20-6-1)45-35-46(42-21-7-2-8-22-42)38-49(37-45)51-29-17-31-55-61-59-54-28-14-16-34-58(54)68-64-52(50-39-47(43-23-9-3-10-24-43)36-48(40-50)44-25-11-4-12-26-44)30-18-32-56(64)62(66(59)68)60-53-27-13-15-33-57(53)67(63(51)55)65(60)61/h1-40H. The van der Waals surface area contributed by atoms with Gasteiger partial charge in [0.1, 0.15) is 0 Å². The lowest BCUT2D eigenvalue weighted by Crippen LogP contribution is -1.89. The van der Waals surface area contributed by atoms with Crippen molar-refractivity contribution in [3.63, 3.8) is 0 Å². The predicted octanol–water partition coefficient (Wildman–Crippen LogP) is 18.0. The van der Waals surface area contributed by atoms with Crippen molar-refractivity contribution < 1.29 is 0 Å². The number of fused-ring (bicyclic) bond motifs is 14. The van der Waals surface area contributed by atoms with Gasteiger partial charge >= 0.3 is 0 Å². The van der Waals surface area contributed by atoms with Crippen LogP contribution in [0.15, 0.2) is 243 Å². The average Bonchev–Trinajstić information content (AvgIpc) is 4.15. The van der Waals surface area contributed by atoms with Crippen LogP contribution >= 0.6 is 0 Å². The maximum atomic E-state index is 2.61. The Hall–Kier alpha value is -8.98. The van der Waals surface area contributed by atoms with Crippen molar-refractivity contribution in [1.29, 1.82) is 0 Å². The van der Waals surface area contributed by atoms with Crippen LogP contribution in [-0.4, -0.2) is 8.80 Å². The molecule has 0 spiro atoms. The fourth-order valence-electron chi connectivity index (χ4n) is 11.9. The summed E-state index contributed by atoms with van der Waals surface area (Å²) >= 11 is 0. The summed E-state index contributed by atoms with van der Waals surface area (Å²) in [5.41, 5.74) is 22.0. The van der Waals surface area contributed by atoms with E-state index in [0.29, 0.717) is 0 Å². The summed E-state index contributed by atoms with van der Waals surface area (Å²) in [4.78, 5) is 0. The Morgan fingerprint density at radius 1 is 0.191 bits per heavy atom. The number of nitrogens with zero attached hydrogens (tertiary/aromatic N) is 2. The minimum absolute atomic E-state index is 1.20. The van der Waals surface area contributed by atoms with Crippen LogP contribution in [0.4, 0.5) is 0 Å². The van der Waals surface area contributed by atoms with E-state index in [0.717, 1.165) is 0 Å². The first-order chi connectivity index (χ1) is 33.8. The van der Waals surface area contributed by atoms with Crippen LogP contribution in [0.3, 0.4) is 0 Å². The Balaban J connectivity index is 1.09. The highest BCUT2D eigenvalue weighted by atomic mass is 14.9. The Bertz CT molecular complexity index is 4040. The zero-order valence-electron chi connectivity index (χ0n) is 37.0. The minimum Gasteiger partial charge on any atom is -0.307 e. The smallest absolute Gasteiger partial charge is 0.0634 e. The molecule has 0 unspecified atom stereocenters. The van der Waals surface area contributed by atoms with Crippen LogP contribution < -0.4 is 0 Å². The largest absolute Gasteiger partial charge is 0.307 e. The van der Waals surface area contributed by atoms with Gasteiger partial charge in [0.15, 0.2) is 0 Å². The molecule has 0 bridgehead atoms. The van der Waals surface area contributed by atoms with Gasteiger partial charge in [-0.2, -0.15) is 0 Å². The van der Waals surface area contributed by atoms with Gasteiger partial charge in [-0.1, -0.05) is 194 Å². The van der Waals surface area contributed by atoms with Gasteiger partial charge in [-0.3, -0.25) is 0 Å². The molecule has 0 aliphatic heterocycles. The second-order valence-corrected chi connectivity index (χ2v) is 18.4. The summed E-state index contributed by atoms with van der Waals surface area (Å²) in [6, 6.07) is 89.7. The highest BCUT2D eigenvalue weighted by molar-refractivity contribution is 6.46. The van der Waals surface area contributed by atoms with E-state index in [-0.39, 0.29) is 0 Å². The molecule has 68 heavy (non-hydrogen) atoms. The molecule has 0 aliphatic rings. The molecule has 0 radical (unpaired) electrons. The van der Waals surface area contributed by atoms with E-state index >= 15 is 0 Å². The Labute approximate surface area is 392 Å². The third-order valence-electron chi connectivity index (χ3n) is 14.7. The molecule has 0 atom stereocenters. The van der Waals surface area contributed by atoms with Gasteiger partial charge < -0.3 is 8.80 Å². The summed E-state index contributed by atoms with van der Waals surface area (Å²) < 4.78 is 5.23. The molecule has 0 aliphatic carbocycles. The minimum atomic E-state index is 1.20. The zero-order chi connectivity index (χ0) is 44.5. The molecule has 0 saturated carbocycles. The number of para-hydroxylation sites is 4. The van der Waals surface area contributed by atoms with Gasteiger partial charge in [0.05, 0.1) is 33.1 Å². The van der Waals surface area contributed by atoms with E-state index in [9.17, 15) is 0 Å². The second-order valence-electron chi connectivity index (χ2n) is 18.4. The number of hydrogen-bond donors (Lipinski definition) is 0. The number of rotatable bonds is 6. The molecule has 2 nitrogen and oxygen atoms in total. The lowest BCUT2D eigenvalue weighted by atomic mass is 9.91. The van der Waals surface area contributed by atoms with Crippen molar-refractivity contribution >= 4 is 76.2 Å². The monoisotopic (exact) mass is 860 g/mol. The van der Waals surface area contributed by atoms with Crippen LogP contribution in [0.25, 0.3) is 143 Å². The number of hydrogen-bond acceptors (Lipinski definition) is 0. The summed E-state index contributed by atoms with van der Waals surface area (Å²) in [7, 11) is 0. The molecule has 0 amide bonds. The van der Waals surface area contributed by atoms with Crippen LogP contribution in [0.5, 0.6) is 0 Å². The van der Waals surface area contributed by atoms with Crippen molar-refractivity contribution in [1.82, 2.24) is 8.80 Å². The van der Waals surface area contributed by atoms with Gasteiger partial charge in [0, 0.05) is 54.2 Å². The normalized spacial score (nSPS) is 12.1. The van der Waals surface area contributed by atoms with Crippen LogP contribution in [0.2, 0.25) is 0 Å². The lowest BCUT2D eigenvalue weighted by molar-refractivity contribution is 1.37. The fourth-order valence-corrected chi connectivity index (χ4v) is 11.9. The van der Waals surface area contributed by atoms with Gasteiger partial charge in [-0.25, -0.2) is 0 Å². The molecule has 2 heteroatoms. The molecule has 314 valence electrons. The highest BCUT2D eigenvalue weighted by Crippen LogP contribution is 2.54. The average molecular weight is 861 g/mol. The van der Waals surface area contributed by atoms with E-state index in [2.05, 4.69) is 251 Å². The maximum Gasteiger partial charge on any atom is 0.0634 e. The van der Waals surface area contributed by atoms with Crippen LogP contribution in [0.1, 0.15) is 0 Å². The van der Waals surface area contributed by atoms with Gasteiger partial charge in [0.25, 0.3) is 0 Å². The topological polar surface area (TPSA) is 8.82 Å². The van der Waals surface area contributed by atoms with E-state index in [1.807, 2.05) is 0 Å². The Morgan fingerprint density at radius 3 is 0.824 bits per heavy atom. The maximum absolute atomic E-state index is 2.61. The first kappa shape index (κ1) is 37.3. The van der Waals surface area contributed by atoms with Gasteiger partial charge in [-0.15, -0.1) is 0 Å². The van der Waals surface area contributed by atoms with E-state index in [1.54, 1.807) is 0 Å². The first-order valence-corrected chi connectivity index (χ1v) is 23.6. The summed E-state index contributed by atoms with van der Waals surface area (Å²) in [6.45, 7) is 0. The summed E-state index contributed by atoms with van der Waals surface area (Å²) in [5.74, 6) is 0. The SMILES string of the molecule is c1ccc(-c2cc(-c3ccccc3)cc(-c3cccc4c5c6c7ccccc7n7c8c(-c9cc(-c%10ccccc%10)cc(-c%10ccccc%10)c9)cccc8c(c8c9ccccc9n(c34)c85)c67)c2)cc1. The van der Waals surface area contributed by atoms with Gasteiger partial charge in [-0.05, 0) is 104 Å².